The van der Waals surface area contributed by atoms with Crippen LogP contribution < -0.4 is 0 Å². The van der Waals surface area contributed by atoms with Gasteiger partial charge in [0.15, 0.2) is 0 Å². The second-order valence-electron chi connectivity index (χ2n) is 2.39. The Kier molecular flexibility index (Phi) is 3.86. The van der Waals surface area contributed by atoms with E-state index < -0.39 is 0 Å². The molecule has 0 saturated carbocycles. The van der Waals surface area contributed by atoms with Crippen LogP contribution in [0.2, 0.25) is 0 Å². The molecule has 0 aromatic heterocycles. The summed E-state index contributed by atoms with van der Waals surface area (Å²) in [6.45, 7) is 0.713. The highest BCUT2D eigenvalue weighted by molar-refractivity contribution is 14.1. The number of alkyl halides is 1. The van der Waals surface area contributed by atoms with E-state index >= 15 is 0 Å². The summed E-state index contributed by atoms with van der Waals surface area (Å²) >= 11 is 2.36. The van der Waals surface area contributed by atoms with Gasteiger partial charge in [0.1, 0.15) is 0 Å². The SMILES string of the molecule is COCc1cccc(CI)c1. The van der Waals surface area contributed by atoms with Crippen LogP contribution in [0.5, 0.6) is 0 Å². The molecule has 0 bridgehead atoms. The van der Waals surface area contributed by atoms with E-state index in [1.807, 2.05) is 0 Å². The van der Waals surface area contributed by atoms with Crippen LogP contribution in [-0.4, -0.2) is 7.11 Å². The smallest absolute Gasteiger partial charge is 0.0713 e. The summed E-state index contributed by atoms with van der Waals surface area (Å²) in [5.41, 5.74) is 2.61. The molecule has 60 valence electrons. The first-order chi connectivity index (χ1) is 5.36. The van der Waals surface area contributed by atoms with Crippen molar-refractivity contribution in [3.63, 3.8) is 0 Å². The molecule has 2 heteroatoms. The van der Waals surface area contributed by atoms with Gasteiger partial charge in [0.05, 0.1) is 6.61 Å². The topological polar surface area (TPSA) is 9.23 Å². The van der Waals surface area contributed by atoms with Crippen molar-refractivity contribution >= 4 is 22.6 Å². The minimum absolute atomic E-state index is 0.713. The summed E-state index contributed by atoms with van der Waals surface area (Å²) in [4.78, 5) is 0. The van der Waals surface area contributed by atoms with Crippen LogP contribution in [-0.2, 0) is 15.8 Å². The predicted molar refractivity (Wildman–Crippen MR) is 54.9 cm³/mol. The van der Waals surface area contributed by atoms with Gasteiger partial charge in [-0.3, -0.25) is 0 Å². The van der Waals surface area contributed by atoms with Crippen LogP contribution in [0.4, 0.5) is 0 Å². The summed E-state index contributed by atoms with van der Waals surface area (Å²) in [5, 5.41) is 0. The number of methoxy groups -OCH3 is 1. The third-order valence-corrected chi connectivity index (χ3v) is 2.34. The molecule has 0 aliphatic rings. The standard InChI is InChI=1S/C9H11IO/c1-11-7-9-4-2-3-8(5-9)6-10/h2-5H,6-7H2,1H3. The van der Waals surface area contributed by atoms with Crippen LogP contribution >= 0.6 is 22.6 Å². The van der Waals surface area contributed by atoms with Crippen LogP contribution in [0.1, 0.15) is 11.1 Å². The van der Waals surface area contributed by atoms with E-state index in [2.05, 4.69) is 46.9 Å². The maximum atomic E-state index is 5.02. The Morgan fingerprint density at radius 1 is 1.36 bits per heavy atom. The van der Waals surface area contributed by atoms with Crippen LogP contribution in [0.3, 0.4) is 0 Å². The summed E-state index contributed by atoms with van der Waals surface area (Å²) in [6.07, 6.45) is 0. The molecule has 0 spiro atoms. The molecular formula is C9H11IO. The van der Waals surface area contributed by atoms with E-state index in [1.54, 1.807) is 7.11 Å². The Morgan fingerprint density at radius 3 is 2.73 bits per heavy atom. The zero-order chi connectivity index (χ0) is 8.10. The average Bonchev–Trinajstić information content (AvgIpc) is 2.06. The molecule has 1 rings (SSSR count). The first-order valence-electron chi connectivity index (χ1n) is 3.49. The lowest BCUT2D eigenvalue weighted by Crippen LogP contribution is -1.87. The summed E-state index contributed by atoms with van der Waals surface area (Å²) < 4.78 is 6.09. The van der Waals surface area contributed by atoms with Crippen LogP contribution in [0.15, 0.2) is 24.3 Å². The normalized spacial score (nSPS) is 10.0. The van der Waals surface area contributed by atoms with Gasteiger partial charge >= 0.3 is 0 Å². The fourth-order valence-electron chi connectivity index (χ4n) is 0.969. The zero-order valence-corrected chi connectivity index (χ0v) is 8.67. The molecule has 0 N–H and O–H groups in total. The number of ether oxygens (including phenoxy) is 1. The monoisotopic (exact) mass is 262 g/mol. The minimum atomic E-state index is 0.713. The molecule has 0 fully saturated rings. The third kappa shape index (κ3) is 2.79. The first-order valence-corrected chi connectivity index (χ1v) is 5.02. The molecule has 0 atom stereocenters. The molecule has 1 aromatic carbocycles. The highest BCUT2D eigenvalue weighted by atomic mass is 127. The maximum Gasteiger partial charge on any atom is 0.0713 e. The quantitative estimate of drug-likeness (QED) is 0.601. The van der Waals surface area contributed by atoms with E-state index in [0.29, 0.717) is 6.61 Å². The number of halogens is 1. The van der Waals surface area contributed by atoms with Gasteiger partial charge in [-0.05, 0) is 11.1 Å². The van der Waals surface area contributed by atoms with Crippen LogP contribution in [0.25, 0.3) is 0 Å². The number of hydrogen-bond acceptors (Lipinski definition) is 1. The molecule has 1 nitrogen and oxygen atoms in total. The number of hydrogen-bond donors (Lipinski definition) is 0. The molecule has 11 heavy (non-hydrogen) atoms. The van der Waals surface area contributed by atoms with Gasteiger partial charge in [-0.1, -0.05) is 46.9 Å². The molecule has 0 aliphatic heterocycles. The first kappa shape index (κ1) is 9.00. The van der Waals surface area contributed by atoms with Gasteiger partial charge in [-0.15, -0.1) is 0 Å². The summed E-state index contributed by atoms with van der Waals surface area (Å²) in [6, 6.07) is 8.46. The molecular weight excluding hydrogens is 251 g/mol. The lowest BCUT2D eigenvalue weighted by Gasteiger charge is -2.00. The van der Waals surface area contributed by atoms with E-state index in [-0.39, 0.29) is 0 Å². The summed E-state index contributed by atoms with van der Waals surface area (Å²) in [5.74, 6) is 0. The Morgan fingerprint density at radius 2 is 2.09 bits per heavy atom. The fourth-order valence-corrected chi connectivity index (χ4v) is 1.44. The van der Waals surface area contributed by atoms with Crippen molar-refractivity contribution in [2.45, 2.75) is 11.0 Å². The lowest BCUT2D eigenvalue weighted by molar-refractivity contribution is 0.185. The van der Waals surface area contributed by atoms with Crippen molar-refractivity contribution in [1.82, 2.24) is 0 Å². The minimum Gasteiger partial charge on any atom is -0.380 e. The predicted octanol–water partition coefficient (Wildman–Crippen LogP) is 2.77. The van der Waals surface area contributed by atoms with Gasteiger partial charge in [0.2, 0.25) is 0 Å². The van der Waals surface area contributed by atoms with E-state index in [4.69, 9.17) is 4.74 Å². The number of rotatable bonds is 3. The molecule has 0 unspecified atom stereocenters. The average molecular weight is 262 g/mol. The molecule has 0 aliphatic carbocycles. The van der Waals surface area contributed by atoms with Gasteiger partial charge in [0, 0.05) is 11.5 Å². The lowest BCUT2D eigenvalue weighted by atomic mass is 10.1. The van der Waals surface area contributed by atoms with Gasteiger partial charge in [-0.25, -0.2) is 0 Å². The van der Waals surface area contributed by atoms with Gasteiger partial charge < -0.3 is 4.74 Å². The van der Waals surface area contributed by atoms with Gasteiger partial charge in [-0.2, -0.15) is 0 Å². The zero-order valence-electron chi connectivity index (χ0n) is 6.51. The highest BCUT2D eigenvalue weighted by Crippen LogP contribution is 2.09. The van der Waals surface area contributed by atoms with Crippen molar-refractivity contribution in [2.24, 2.45) is 0 Å². The second-order valence-corrected chi connectivity index (χ2v) is 3.15. The van der Waals surface area contributed by atoms with Crippen molar-refractivity contribution in [1.29, 1.82) is 0 Å². The van der Waals surface area contributed by atoms with Crippen molar-refractivity contribution < 1.29 is 4.74 Å². The van der Waals surface area contributed by atoms with E-state index in [0.717, 1.165) is 4.43 Å². The maximum absolute atomic E-state index is 5.02. The third-order valence-electron chi connectivity index (χ3n) is 1.46. The fraction of sp³-hybridized carbons (Fsp3) is 0.333. The second kappa shape index (κ2) is 4.72. The van der Waals surface area contributed by atoms with Crippen LogP contribution in [0, 0.1) is 0 Å². The number of benzene rings is 1. The Hall–Kier alpha value is -0.0900. The van der Waals surface area contributed by atoms with Crippen molar-refractivity contribution in [3.8, 4) is 0 Å². The molecule has 0 radical (unpaired) electrons. The van der Waals surface area contributed by atoms with Crippen molar-refractivity contribution in [3.05, 3.63) is 35.4 Å². The molecule has 0 saturated heterocycles. The van der Waals surface area contributed by atoms with E-state index in [9.17, 15) is 0 Å². The molecule has 0 amide bonds. The Balaban J connectivity index is 2.74. The Labute approximate surface area is 80.9 Å². The molecule has 1 aromatic rings. The van der Waals surface area contributed by atoms with E-state index in [1.165, 1.54) is 11.1 Å². The summed E-state index contributed by atoms with van der Waals surface area (Å²) in [7, 11) is 1.72. The Bertz CT molecular complexity index is 223. The van der Waals surface area contributed by atoms with Crippen molar-refractivity contribution in [2.75, 3.05) is 7.11 Å². The largest absolute Gasteiger partial charge is 0.380 e. The van der Waals surface area contributed by atoms with Gasteiger partial charge in [0.25, 0.3) is 0 Å². The molecule has 0 heterocycles. The highest BCUT2D eigenvalue weighted by Gasteiger charge is 1.92.